The number of amides is 2. The largest absolute Gasteiger partial charge is 0.322 e. The standard InChI is InChI=1S/C25H27N3O2/c1-18-10-9-11-19(2)25(18)27-24(30)17-28(3)16-23(29)26-22-15-8-7-14-21(22)20-12-5-4-6-13-20/h4-15H,16-17H2,1-3H3,(H,26,29)(H,27,30)/p+1. The Balaban J connectivity index is 1.59. The van der Waals surface area contributed by atoms with Gasteiger partial charge in [0.05, 0.1) is 7.05 Å². The van der Waals surface area contributed by atoms with Gasteiger partial charge in [0.15, 0.2) is 13.1 Å². The van der Waals surface area contributed by atoms with Crippen molar-refractivity contribution in [1.82, 2.24) is 0 Å². The molecule has 1 atom stereocenters. The lowest BCUT2D eigenvalue weighted by Crippen LogP contribution is -3.11. The molecule has 0 saturated heterocycles. The fraction of sp³-hybridized carbons (Fsp3) is 0.200. The molecule has 3 aromatic carbocycles. The van der Waals surface area contributed by atoms with Crippen molar-refractivity contribution in [3.63, 3.8) is 0 Å². The van der Waals surface area contributed by atoms with E-state index < -0.39 is 0 Å². The molecule has 5 heteroatoms. The topological polar surface area (TPSA) is 62.6 Å². The number of carbonyl (C=O) groups excluding carboxylic acids is 2. The van der Waals surface area contributed by atoms with Crippen molar-refractivity contribution in [3.8, 4) is 11.1 Å². The van der Waals surface area contributed by atoms with Gasteiger partial charge in [-0.25, -0.2) is 0 Å². The summed E-state index contributed by atoms with van der Waals surface area (Å²) in [6, 6.07) is 23.6. The van der Waals surface area contributed by atoms with Gasteiger partial charge in [-0.3, -0.25) is 9.59 Å². The van der Waals surface area contributed by atoms with Crippen LogP contribution in [0.25, 0.3) is 11.1 Å². The first-order valence-corrected chi connectivity index (χ1v) is 10.1. The zero-order valence-electron chi connectivity index (χ0n) is 17.7. The van der Waals surface area contributed by atoms with Crippen LogP contribution in [0.1, 0.15) is 11.1 Å². The van der Waals surface area contributed by atoms with Crippen molar-refractivity contribution in [1.29, 1.82) is 0 Å². The van der Waals surface area contributed by atoms with Gasteiger partial charge >= 0.3 is 0 Å². The molecule has 0 spiro atoms. The molecule has 0 radical (unpaired) electrons. The third-order valence-electron chi connectivity index (χ3n) is 4.96. The van der Waals surface area contributed by atoms with Crippen molar-refractivity contribution in [2.24, 2.45) is 0 Å². The van der Waals surface area contributed by atoms with Crippen LogP contribution in [-0.4, -0.2) is 32.0 Å². The molecule has 2 amide bonds. The summed E-state index contributed by atoms with van der Waals surface area (Å²) in [5.41, 5.74) is 5.67. The number of para-hydroxylation sites is 2. The molecule has 0 aromatic heterocycles. The Hall–Kier alpha value is -3.44. The van der Waals surface area contributed by atoms with E-state index in [0.717, 1.165) is 38.5 Å². The van der Waals surface area contributed by atoms with Crippen LogP contribution in [0.3, 0.4) is 0 Å². The first-order valence-electron chi connectivity index (χ1n) is 10.1. The molecule has 1 unspecified atom stereocenters. The predicted octanol–water partition coefficient (Wildman–Crippen LogP) is 3.06. The SMILES string of the molecule is Cc1cccc(C)c1NC(=O)C[NH+](C)CC(=O)Nc1ccccc1-c1ccccc1. The van der Waals surface area contributed by atoms with E-state index in [0.29, 0.717) is 0 Å². The highest BCUT2D eigenvalue weighted by Crippen LogP contribution is 2.27. The van der Waals surface area contributed by atoms with Gasteiger partial charge in [-0.15, -0.1) is 0 Å². The third-order valence-corrected chi connectivity index (χ3v) is 4.96. The molecule has 3 rings (SSSR count). The predicted molar refractivity (Wildman–Crippen MR) is 122 cm³/mol. The van der Waals surface area contributed by atoms with E-state index in [1.807, 2.05) is 93.7 Å². The number of likely N-dealkylation sites (N-methyl/N-ethyl adjacent to an activating group) is 1. The summed E-state index contributed by atoms with van der Waals surface area (Å²) >= 11 is 0. The molecule has 0 aliphatic carbocycles. The van der Waals surface area contributed by atoms with Gasteiger partial charge < -0.3 is 15.5 Å². The maximum Gasteiger partial charge on any atom is 0.279 e. The fourth-order valence-electron chi connectivity index (χ4n) is 3.46. The number of benzene rings is 3. The highest BCUT2D eigenvalue weighted by molar-refractivity contribution is 5.96. The maximum absolute atomic E-state index is 12.6. The highest BCUT2D eigenvalue weighted by Gasteiger charge is 2.16. The normalized spacial score (nSPS) is 11.6. The summed E-state index contributed by atoms with van der Waals surface area (Å²) in [6.45, 7) is 4.35. The van der Waals surface area contributed by atoms with Gasteiger partial charge in [-0.1, -0.05) is 66.7 Å². The lowest BCUT2D eigenvalue weighted by atomic mass is 10.0. The number of hydrogen-bond donors (Lipinski definition) is 3. The van der Waals surface area contributed by atoms with Gasteiger partial charge in [0.1, 0.15) is 0 Å². The summed E-state index contributed by atoms with van der Waals surface area (Å²) in [5.74, 6) is -0.238. The monoisotopic (exact) mass is 402 g/mol. The summed E-state index contributed by atoms with van der Waals surface area (Å²) < 4.78 is 0. The molecule has 0 aliphatic rings. The average Bonchev–Trinajstić information content (AvgIpc) is 2.71. The minimum atomic E-state index is -0.129. The van der Waals surface area contributed by atoms with Crippen LogP contribution in [0, 0.1) is 13.8 Å². The molecular formula is C25H28N3O2+. The smallest absolute Gasteiger partial charge is 0.279 e. The van der Waals surface area contributed by atoms with Crippen LogP contribution in [0.15, 0.2) is 72.8 Å². The quantitative estimate of drug-likeness (QED) is 0.569. The number of nitrogens with one attached hydrogen (secondary N) is 3. The molecule has 30 heavy (non-hydrogen) atoms. The molecule has 5 nitrogen and oxygen atoms in total. The average molecular weight is 403 g/mol. The van der Waals surface area contributed by atoms with Gasteiger partial charge in [-0.05, 0) is 36.6 Å². The minimum absolute atomic E-state index is 0.109. The van der Waals surface area contributed by atoms with Crippen molar-refractivity contribution in [3.05, 3.63) is 83.9 Å². The zero-order chi connectivity index (χ0) is 21.5. The van der Waals surface area contributed by atoms with E-state index in [1.165, 1.54) is 0 Å². The van der Waals surface area contributed by atoms with Crippen molar-refractivity contribution in [2.45, 2.75) is 13.8 Å². The Morgan fingerprint density at radius 2 is 1.30 bits per heavy atom. The molecule has 3 N–H and O–H groups in total. The molecule has 0 bridgehead atoms. The van der Waals surface area contributed by atoms with Crippen LogP contribution in [-0.2, 0) is 9.59 Å². The zero-order valence-corrected chi connectivity index (χ0v) is 17.7. The van der Waals surface area contributed by atoms with E-state index in [9.17, 15) is 9.59 Å². The lowest BCUT2D eigenvalue weighted by molar-refractivity contribution is -0.862. The van der Waals surface area contributed by atoms with E-state index >= 15 is 0 Å². The second-order valence-electron chi connectivity index (χ2n) is 7.59. The molecule has 0 saturated carbocycles. The summed E-state index contributed by atoms with van der Waals surface area (Å²) in [5, 5.41) is 5.96. The number of anilines is 2. The van der Waals surface area contributed by atoms with Crippen molar-refractivity contribution >= 4 is 23.2 Å². The number of hydrogen-bond acceptors (Lipinski definition) is 2. The summed E-state index contributed by atoms with van der Waals surface area (Å²) in [7, 11) is 1.84. The van der Waals surface area contributed by atoms with E-state index in [1.54, 1.807) is 0 Å². The van der Waals surface area contributed by atoms with E-state index in [-0.39, 0.29) is 24.9 Å². The van der Waals surface area contributed by atoms with Crippen LogP contribution < -0.4 is 15.5 Å². The lowest BCUT2D eigenvalue weighted by Gasteiger charge is -2.16. The van der Waals surface area contributed by atoms with Gasteiger partial charge in [0.2, 0.25) is 0 Å². The van der Waals surface area contributed by atoms with Crippen molar-refractivity contribution < 1.29 is 14.5 Å². The summed E-state index contributed by atoms with van der Waals surface area (Å²) in [6.07, 6.45) is 0. The Kier molecular flexibility index (Phi) is 6.99. The number of rotatable bonds is 7. The Labute approximate surface area is 177 Å². The molecule has 0 aliphatic heterocycles. The number of quaternary nitrogens is 1. The van der Waals surface area contributed by atoms with Crippen LogP contribution in [0.4, 0.5) is 11.4 Å². The van der Waals surface area contributed by atoms with Crippen LogP contribution in [0.2, 0.25) is 0 Å². The third kappa shape index (κ3) is 5.55. The molecule has 0 heterocycles. The van der Waals surface area contributed by atoms with Crippen molar-refractivity contribution in [2.75, 3.05) is 30.8 Å². The molecule has 154 valence electrons. The van der Waals surface area contributed by atoms with Gasteiger partial charge in [-0.2, -0.15) is 0 Å². The second kappa shape index (κ2) is 9.85. The minimum Gasteiger partial charge on any atom is -0.322 e. The van der Waals surface area contributed by atoms with E-state index in [4.69, 9.17) is 0 Å². The Morgan fingerprint density at radius 3 is 1.97 bits per heavy atom. The van der Waals surface area contributed by atoms with Gasteiger partial charge in [0.25, 0.3) is 11.8 Å². The Morgan fingerprint density at radius 1 is 0.733 bits per heavy atom. The van der Waals surface area contributed by atoms with Crippen LogP contribution >= 0.6 is 0 Å². The van der Waals surface area contributed by atoms with E-state index in [2.05, 4.69) is 10.6 Å². The fourth-order valence-corrected chi connectivity index (χ4v) is 3.46. The molecule has 0 fully saturated rings. The first-order chi connectivity index (χ1) is 14.4. The van der Waals surface area contributed by atoms with Gasteiger partial charge in [0, 0.05) is 16.9 Å². The molecule has 3 aromatic rings. The highest BCUT2D eigenvalue weighted by atomic mass is 16.2. The van der Waals surface area contributed by atoms with Crippen LogP contribution in [0.5, 0.6) is 0 Å². The first kappa shape index (κ1) is 21.3. The summed E-state index contributed by atoms with van der Waals surface area (Å²) in [4.78, 5) is 25.8. The number of aryl methyl sites for hydroxylation is 2. The molecular weight excluding hydrogens is 374 g/mol. The maximum atomic E-state index is 12.6. The number of carbonyl (C=O) groups is 2. The second-order valence-corrected chi connectivity index (χ2v) is 7.59. The Bertz CT molecular complexity index is 1010.